The first kappa shape index (κ1) is 62.8. The fourth-order valence-corrected chi connectivity index (χ4v) is 10.2. The number of unbranched alkanes of at least 4 members (excludes halogenated alkanes) is 36. The molecule has 0 radical (unpaired) electrons. The molecule has 9 heteroatoms. The van der Waals surface area contributed by atoms with Crippen molar-refractivity contribution in [1.82, 2.24) is 0 Å². The first-order valence-electron chi connectivity index (χ1n) is 26.2. The molecular formula is C54H94BaO6S2. The monoisotopic (exact) mass is 1040 g/mol. The molecule has 0 fully saturated rings. The molecule has 0 atom stereocenters. The first-order valence-corrected chi connectivity index (χ1v) is 29.0. The van der Waals surface area contributed by atoms with Crippen LogP contribution in [0.4, 0.5) is 0 Å². The van der Waals surface area contributed by atoms with Gasteiger partial charge >= 0.3 is 48.9 Å². The summed E-state index contributed by atoms with van der Waals surface area (Å²) in [7, 11) is -8.72. The van der Waals surface area contributed by atoms with Crippen LogP contribution in [0.25, 0.3) is 0 Å². The van der Waals surface area contributed by atoms with Gasteiger partial charge in [-0.1, -0.05) is 281 Å². The normalized spacial score (nSPS) is 11.6. The SMILES string of the molecule is CCCCCCCCCCCCCCCCCCCCCc1ccccc1S(=O)(=O)[O-].CCCCCCCCCCCCCCCCCCCCCc1ccccc1S(=O)(=O)[O-].[Ba+2]. The Kier molecular flexibility index (Phi) is 44.2. The molecule has 0 amide bonds. The maximum Gasteiger partial charge on any atom is 2.00 e. The van der Waals surface area contributed by atoms with Crippen molar-refractivity contribution in [2.75, 3.05) is 0 Å². The topological polar surface area (TPSA) is 114 Å². The summed E-state index contributed by atoms with van der Waals surface area (Å²) in [6.07, 6.45) is 52.4. The predicted molar refractivity (Wildman–Crippen MR) is 269 cm³/mol. The van der Waals surface area contributed by atoms with Crippen LogP contribution >= 0.6 is 0 Å². The van der Waals surface area contributed by atoms with Gasteiger partial charge in [-0.2, -0.15) is 0 Å². The van der Waals surface area contributed by atoms with Gasteiger partial charge in [-0.15, -0.1) is 0 Å². The van der Waals surface area contributed by atoms with E-state index in [4.69, 9.17) is 0 Å². The van der Waals surface area contributed by atoms with E-state index in [-0.39, 0.29) is 58.7 Å². The van der Waals surface area contributed by atoms with Gasteiger partial charge in [0.1, 0.15) is 20.2 Å². The van der Waals surface area contributed by atoms with Crippen LogP contribution in [0.3, 0.4) is 0 Å². The van der Waals surface area contributed by atoms with Gasteiger partial charge in [0, 0.05) is 0 Å². The zero-order valence-electron chi connectivity index (χ0n) is 40.9. The molecule has 0 aliphatic rings. The molecule has 6 nitrogen and oxygen atoms in total. The Morgan fingerprint density at radius 3 is 0.667 bits per heavy atom. The summed E-state index contributed by atoms with van der Waals surface area (Å²) in [5.74, 6) is 0. The molecule has 360 valence electrons. The van der Waals surface area contributed by atoms with Crippen LogP contribution in [0.2, 0.25) is 0 Å². The third kappa shape index (κ3) is 38.5. The number of hydrogen-bond donors (Lipinski definition) is 0. The van der Waals surface area contributed by atoms with Gasteiger partial charge in [-0.3, -0.25) is 0 Å². The van der Waals surface area contributed by atoms with E-state index in [1.54, 1.807) is 36.4 Å². The molecule has 0 spiro atoms. The minimum absolute atomic E-state index is 0. The van der Waals surface area contributed by atoms with Crippen LogP contribution in [-0.2, 0) is 33.1 Å². The minimum atomic E-state index is -4.36. The Hall–Kier alpha value is -0.169. The van der Waals surface area contributed by atoms with Crippen molar-refractivity contribution >= 4 is 69.1 Å². The van der Waals surface area contributed by atoms with Crippen molar-refractivity contribution in [3.8, 4) is 0 Å². The molecule has 0 unspecified atom stereocenters. The van der Waals surface area contributed by atoms with E-state index in [1.807, 2.05) is 0 Å². The smallest absolute Gasteiger partial charge is 0.744 e. The van der Waals surface area contributed by atoms with E-state index in [0.717, 1.165) is 25.7 Å². The van der Waals surface area contributed by atoms with E-state index in [0.29, 0.717) is 24.0 Å². The molecule has 0 aliphatic heterocycles. The minimum Gasteiger partial charge on any atom is -0.744 e. The third-order valence-corrected chi connectivity index (χ3v) is 14.5. The number of benzene rings is 2. The summed E-state index contributed by atoms with van der Waals surface area (Å²) >= 11 is 0. The molecule has 0 heterocycles. The average molecular weight is 1040 g/mol. The van der Waals surface area contributed by atoms with Gasteiger partial charge < -0.3 is 9.11 Å². The van der Waals surface area contributed by atoms with Gasteiger partial charge in [0.15, 0.2) is 0 Å². The average Bonchev–Trinajstić information content (AvgIpc) is 3.25. The molecule has 0 N–H and O–H groups in total. The second-order valence-electron chi connectivity index (χ2n) is 18.4. The Bertz CT molecular complexity index is 1400. The van der Waals surface area contributed by atoms with Crippen molar-refractivity contribution in [2.24, 2.45) is 0 Å². The van der Waals surface area contributed by atoms with Crippen molar-refractivity contribution in [2.45, 2.75) is 280 Å². The number of rotatable bonds is 42. The molecule has 0 aliphatic carbocycles. The summed E-state index contributed by atoms with van der Waals surface area (Å²) in [5, 5.41) is 0. The Labute approximate surface area is 431 Å². The Morgan fingerprint density at radius 2 is 0.476 bits per heavy atom. The van der Waals surface area contributed by atoms with Crippen molar-refractivity contribution in [1.29, 1.82) is 0 Å². The van der Waals surface area contributed by atoms with Crippen LogP contribution in [0.15, 0.2) is 58.3 Å². The molecule has 2 aromatic rings. The molecule has 0 saturated carbocycles. The molecule has 63 heavy (non-hydrogen) atoms. The van der Waals surface area contributed by atoms with E-state index in [9.17, 15) is 25.9 Å². The van der Waals surface area contributed by atoms with Gasteiger partial charge in [-0.05, 0) is 48.9 Å². The zero-order valence-corrected chi connectivity index (χ0v) is 46.9. The van der Waals surface area contributed by atoms with E-state index in [1.165, 1.54) is 230 Å². The maximum absolute atomic E-state index is 11.3. The summed E-state index contributed by atoms with van der Waals surface area (Å²) in [5.41, 5.74) is 1.34. The largest absolute Gasteiger partial charge is 2.00 e. The quantitative estimate of drug-likeness (QED) is 0.0372. The summed E-state index contributed by atoms with van der Waals surface area (Å²) in [4.78, 5) is -0.0881. The number of hydrogen-bond acceptors (Lipinski definition) is 6. The second kappa shape index (κ2) is 44.3. The third-order valence-electron chi connectivity index (χ3n) is 12.6. The van der Waals surface area contributed by atoms with Gasteiger partial charge in [0.2, 0.25) is 0 Å². The van der Waals surface area contributed by atoms with Gasteiger partial charge in [0.05, 0.1) is 9.79 Å². The fourth-order valence-electron chi connectivity index (χ4n) is 8.70. The predicted octanol–water partition coefficient (Wildman–Crippen LogP) is 16.7. The number of aryl methyl sites for hydroxylation is 2. The second-order valence-corrected chi connectivity index (χ2v) is 21.0. The van der Waals surface area contributed by atoms with Crippen molar-refractivity contribution in [3.05, 3.63) is 59.7 Å². The molecule has 0 saturated heterocycles. The van der Waals surface area contributed by atoms with Crippen molar-refractivity contribution in [3.63, 3.8) is 0 Å². The first-order chi connectivity index (χ1) is 30.1. The molecule has 2 rings (SSSR count). The standard InChI is InChI=1S/2C27H48O3S.Ba/c2*1-2-3-4-5-6-7-8-9-10-11-12-13-14-15-16-17-18-19-20-23-26-24-21-22-25-27(26)31(28,29)30;/h2*21-22,24-25H,2-20,23H2,1H3,(H,28,29,30);/q;;+2/p-2. The Balaban J connectivity index is 0.00000120. The van der Waals surface area contributed by atoms with Crippen LogP contribution in [0.5, 0.6) is 0 Å². The summed E-state index contributed by atoms with van der Waals surface area (Å²) in [6, 6.07) is 13.2. The van der Waals surface area contributed by atoms with Crippen LogP contribution in [0.1, 0.15) is 269 Å². The fraction of sp³-hybridized carbons (Fsp3) is 0.778. The molecule has 0 aromatic heterocycles. The summed E-state index contributed by atoms with van der Waals surface area (Å²) < 4.78 is 67.8. The van der Waals surface area contributed by atoms with Gasteiger partial charge in [-0.25, -0.2) is 16.8 Å². The van der Waals surface area contributed by atoms with Crippen LogP contribution < -0.4 is 0 Å². The van der Waals surface area contributed by atoms with Crippen LogP contribution in [-0.4, -0.2) is 74.8 Å². The van der Waals surface area contributed by atoms with Crippen LogP contribution in [0, 0.1) is 0 Å². The van der Waals surface area contributed by atoms with E-state index >= 15 is 0 Å². The maximum atomic E-state index is 11.3. The van der Waals surface area contributed by atoms with E-state index in [2.05, 4.69) is 13.8 Å². The summed E-state index contributed by atoms with van der Waals surface area (Å²) in [6.45, 7) is 4.56. The van der Waals surface area contributed by atoms with Crippen molar-refractivity contribution < 1.29 is 25.9 Å². The zero-order chi connectivity index (χ0) is 45.3. The molecule has 0 bridgehead atoms. The Morgan fingerprint density at radius 1 is 0.302 bits per heavy atom. The molecule has 2 aromatic carbocycles. The van der Waals surface area contributed by atoms with E-state index < -0.39 is 20.2 Å². The molecular weight excluding hydrogens is 946 g/mol. The van der Waals surface area contributed by atoms with Gasteiger partial charge in [0.25, 0.3) is 0 Å².